The molecule has 2 aromatic carbocycles. The van der Waals surface area contributed by atoms with Crippen LogP contribution in [0.5, 0.6) is 0 Å². The van der Waals surface area contributed by atoms with Crippen molar-refractivity contribution in [2.75, 3.05) is 18.5 Å². The fourth-order valence-electron chi connectivity index (χ4n) is 4.27. The minimum atomic E-state index is -0.657. The van der Waals surface area contributed by atoms with Gasteiger partial charge in [0.05, 0.1) is 5.69 Å². The molecule has 1 unspecified atom stereocenters. The highest BCUT2D eigenvalue weighted by atomic mass is 35.5. The highest BCUT2D eigenvalue weighted by molar-refractivity contribution is 6.30. The Morgan fingerprint density at radius 2 is 2.00 bits per heavy atom. The summed E-state index contributed by atoms with van der Waals surface area (Å²) >= 11 is 6.11. The number of fused-ring (bicyclic) bond motifs is 1. The highest BCUT2D eigenvalue weighted by Crippen LogP contribution is 2.35. The van der Waals surface area contributed by atoms with Crippen molar-refractivity contribution < 1.29 is 9.84 Å². The quantitative estimate of drug-likeness (QED) is 0.618. The predicted octanol–water partition coefficient (Wildman–Crippen LogP) is 4.39. The maximum Gasteiger partial charge on any atom is 0.223 e. The first kappa shape index (κ1) is 20.4. The molecule has 1 aromatic heterocycles. The molecule has 1 fully saturated rings. The Bertz CT molecular complexity index is 1070. The van der Waals surface area contributed by atoms with E-state index in [1.54, 1.807) is 6.20 Å². The van der Waals surface area contributed by atoms with Crippen molar-refractivity contribution in [1.82, 2.24) is 14.9 Å². The topological polar surface area (TPSA) is 70.5 Å². The maximum absolute atomic E-state index is 11.0. The van der Waals surface area contributed by atoms with Gasteiger partial charge < -0.3 is 15.2 Å². The van der Waals surface area contributed by atoms with E-state index in [-0.39, 0.29) is 0 Å². The molecular formula is C24H25ClN4O2. The second kappa shape index (κ2) is 8.93. The number of rotatable bonds is 5. The molecule has 3 heterocycles. The van der Waals surface area contributed by atoms with Crippen LogP contribution in [-0.2, 0) is 17.8 Å². The van der Waals surface area contributed by atoms with E-state index in [0.29, 0.717) is 30.1 Å². The number of ether oxygens (including phenoxy) is 1. The summed E-state index contributed by atoms with van der Waals surface area (Å²) in [6.07, 6.45) is 3.04. The van der Waals surface area contributed by atoms with Crippen molar-refractivity contribution >= 4 is 17.5 Å². The summed E-state index contributed by atoms with van der Waals surface area (Å²) in [5.41, 5.74) is 4.96. The molecule has 0 saturated carbocycles. The van der Waals surface area contributed by atoms with E-state index in [1.165, 1.54) is 0 Å². The maximum atomic E-state index is 11.0. The minimum absolute atomic E-state index is 0.339. The van der Waals surface area contributed by atoms with Crippen LogP contribution in [0.1, 0.15) is 35.8 Å². The van der Waals surface area contributed by atoms with Gasteiger partial charge in [-0.25, -0.2) is 9.97 Å². The molecular weight excluding hydrogens is 412 g/mol. The van der Waals surface area contributed by atoms with Gasteiger partial charge in [0, 0.05) is 54.7 Å². The van der Waals surface area contributed by atoms with Crippen LogP contribution in [0.25, 0.3) is 11.3 Å². The number of aliphatic hydroxyl groups excluding tert-OH is 1. The molecule has 1 atom stereocenters. The summed E-state index contributed by atoms with van der Waals surface area (Å²) < 4.78 is 5.42. The number of nitrogens with zero attached hydrogens (tertiary/aromatic N) is 3. The lowest BCUT2D eigenvalue weighted by Crippen LogP contribution is -2.28. The van der Waals surface area contributed by atoms with Gasteiger partial charge in [0.25, 0.3) is 0 Å². The van der Waals surface area contributed by atoms with Gasteiger partial charge in [-0.1, -0.05) is 35.9 Å². The summed E-state index contributed by atoms with van der Waals surface area (Å²) in [6, 6.07) is 16.2. The van der Waals surface area contributed by atoms with Crippen molar-refractivity contribution in [3.8, 4) is 11.3 Å². The third-order valence-corrected chi connectivity index (χ3v) is 6.16. The smallest absolute Gasteiger partial charge is 0.223 e. The Kier molecular flexibility index (Phi) is 5.87. The van der Waals surface area contributed by atoms with E-state index in [4.69, 9.17) is 21.3 Å². The van der Waals surface area contributed by atoms with Crippen molar-refractivity contribution in [1.29, 1.82) is 0 Å². The van der Waals surface area contributed by atoms with Crippen LogP contribution < -0.4 is 5.32 Å². The molecule has 0 amide bonds. The lowest BCUT2D eigenvalue weighted by molar-refractivity contribution is 0.00771. The SMILES string of the molecule is OC1c2cc(-c3ccnc(NC4CCOCC4)n3)ccc2CN1Cc1cccc(Cl)c1. The Labute approximate surface area is 186 Å². The zero-order valence-electron chi connectivity index (χ0n) is 17.2. The highest BCUT2D eigenvalue weighted by Gasteiger charge is 2.29. The lowest BCUT2D eigenvalue weighted by atomic mass is 10.0. The Balaban J connectivity index is 1.33. The summed E-state index contributed by atoms with van der Waals surface area (Å²) in [5.74, 6) is 0.632. The van der Waals surface area contributed by atoms with Crippen molar-refractivity contribution in [3.63, 3.8) is 0 Å². The number of benzene rings is 2. The first-order valence-corrected chi connectivity index (χ1v) is 11.0. The molecule has 1 saturated heterocycles. The number of halogens is 1. The zero-order chi connectivity index (χ0) is 21.2. The van der Waals surface area contributed by atoms with E-state index in [1.807, 2.05) is 41.3 Å². The number of anilines is 1. The molecule has 2 N–H and O–H groups in total. The van der Waals surface area contributed by atoms with Gasteiger partial charge in [-0.2, -0.15) is 0 Å². The first-order chi connectivity index (χ1) is 15.2. The molecule has 2 aliphatic heterocycles. The van der Waals surface area contributed by atoms with Crippen molar-refractivity contribution in [2.24, 2.45) is 0 Å². The summed E-state index contributed by atoms with van der Waals surface area (Å²) in [4.78, 5) is 11.1. The standard InChI is InChI=1S/C24H25ClN4O2/c25-19-3-1-2-16(12-19)14-29-15-18-5-4-17(13-21(18)23(29)30)22-6-9-26-24(28-22)27-20-7-10-31-11-8-20/h1-6,9,12-13,20,23,30H,7-8,10-11,14-15H2,(H,26,27,28). The number of hydrogen-bond acceptors (Lipinski definition) is 6. The van der Waals surface area contributed by atoms with Gasteiger partial charge in [-0.05, 0) is 48.2 Å². The largest absolute Gasteiger partial charge is 0.381 e. The van der Waals surface area contributed by atoms with Crippen LogP contribution in [0, 0.1) is 0 Å². The second-order valence-electron chi connectivity index (χ2n) is 8.12. The molecule has 7 heteroatoms. The molecule has 0 spiro atoms. The summed E-state index contributed by atoms with van der Waals surface area (Å²) in [6.45, 7) is 2.87. The first-order valence-electron chi connectivity index (χ1n) is 10.6. The van der Waals surface area contributed by atoms with Crippen LogP contribution in [0.3, 0.4) is 0 Å². The number of nitrogens with one attached hydrogen (secondary N) is 1. The van der Waals surface area contributed by atoms with Gasteiger partial charge in [0.15, 0.2) is 0 Å². The number of aliphatic hydroxyl groups is 1. The molecule has 31 heavy (non-hydrogen) atoms. The van der Waals surface area contributed by atoms with E-state index in [9.17, 15) is 5.11 Å². The number of aromatic nitrogens is 2. The molecule has 6 nitrogen and oxygen atoms in total. The van der Waals surface area contributed by atoms with E-state index in [2.05, 4.69) is 22.4 Å². The van der Waals surface area contributed by atoms with Crippen LogP contribution in [0.4, 0.5) is 5.95 Å². The normalized spacial score (nSPS) is 19.4. The lowest BCUT2D eigenvalue weighted by Gasteiger charge is -2.23. The fourth-order valence-corrected chi connectivity index (χ4v) is 4.48. The van der Waals surface area contributed by atoms with Crippen molar-refractivity contribution in [2.45, 2.75) is 38.2 Å². The Morgan fingerprint density at radius 3 is 2.84 bits per heavy atom. The zero-order valence-corrected chi connectivity index (χ0v) is 17.9. The van der Waals surface area contributed by atoms with E-state index < -0.39 is 6.23 Å². The van der Waals surface area contributed by atoms with Crippen LogP contribution in [0.15, 0.2) is 54.7 Å². The molecule has 2 aliphatic rings. The monoisotopic (exact) mass is 436 g/mol. The van der Waals surface area contributed by atoms with Crippen LogP contribution >= 0.6 is 11.6 Å². The number of hydrogen-bond donors (Lipinski definition) is 2. The third kappa shape index (κ3) is 4.57. The predicted molar refractivity (Wildman–Crippen MR) is 121 cm³/mol. The van der Waals surface area contributed by atoms with Crippen LogP contribution in [-0.4, -0.2) is 39.2 Å². The summed E-state index contributed by atoms with van der Waals surface area (Å²) in [5, 5.41) is 15.1. The van der Waals surface area contributed by atoms with Gasteiger partial charge in [0.1, 0.15) is 6.23 Å². The van der Waals surface area contributed by atoms with Gasteiger partial charge >= 0.3 is 0 Å². The minimum Gasteiger partial charge on any atom is -0.381 e. The van der Waals surface area contributed by atoms with Crippen LogP contribution in [0.2, 0.25) is 5.02 Å². The molecule has 0 radical (unpaired) electrons. The second-order valence-corrected chi connectivity index (χ2v) is 8.56. The molecule has 160 valence electrons. The molecule has 0 bridgehead atoms. The average Bonchev–Trinajstić information content (AvgIpc) is 3.09. The average molecular weight is 437 g/mol. The van der Waals surface area contributed by atoms with E-state index in [0.717, 1.165) is 54.0 Å². The van der Waals surface area contributed by atoms with Crippen molar-refractivity contribution in [3.05, 3.63) is 76.4 Å². The fraction of sp³-hybridized carbons (Fsp3) is 0.333. The molecule has 0 aliphatic carbocycles. The molecule has 5 rings (SSSR count). The third-order valence-electron chi connectivity index (χ3n) is 5.92. The van der Waals surface area contributed by atoms with Gasteiger partial charge in [0.2, 0.25) is 5.95 Å². The van der Waals surface area contributed by atoms with E-state index >= 15 is 0 Å². The Hall–Kier alpha value is -2.51. The van der Waals surface area contributed by atoms with Gasteiger partial charge in [-0.3, -0.25) is 4.90 Å². The Morgan fingerprint density at radius 1 is 1.13 bits per heavy atom. The van der Waals surface area contributed by atoms with Gasteiger partial charge in [-0.15, -0.1) is 0 Å². The summed E-state index contributed by atoms with van der Waals surface area (Å²) in [7, 11) is 0. The molecule has 3 aromatic rings.